The average molecular weight is 252 g/mol. The van der Waals surface area contributed by atoms with Crippen LogP contribution in [0.15, 0.2) is 40.9 Å². The molecule has 3 heteroatoms. The Balaban J connectivity index is 2.21. The molecule has 1 amide bonds. The van der Waals surface area contributed by atoms with Gasteiger partial charge in [-0.15, -0.1) is 0 Å². The van der Waals surface area contributed by atoms with Gasteiger partial charge in [-0.3, -0.25) is 4.79 Å². The second-order valence-corrected chi connectivity index (χ2v) is 4.30. The topological polar surface area (TPSA) is 29.1 Å². The number of hydrogen-bond acceptors (Lipinski definition) is 1. The van der Waals surface area contributed by atoms with Crippen molar-refractivity contribution in [2.24, 2.45) is 0 Å². The van der Waals surface area contributed by atoms with E-state index in [4.69, 9.17) is 0 Å². The van der Waals surface area contributed by atoms with Crippen LogP contribution in [0.5, 0.6) is 0 Å². The summed E-state index contributed by atoms with van der Waals surface area (Å²) in [6, 6.07) is 8.06. The minimum atomic E-state index is -0.0297. The molecule has 2 nitrogen and oxygen atoms in total. The third kappa shape index (κ3) is 1.73. The van der Waals surface area contributed by atoms with Gasteiger partial charge in [0.1, 0.15) is 0 Å². The van der Waals surface area contributed by atoms with Crippen molar-refractivity contribution in [3.63, 3.8) is 0 Å². The summed E-state index contributed by atoms with van der Waals surface area (Å²) in [5, 5.41) is 2.89. The predicted molar refractivity (Wildman–Crippen MR) is 58.8 cm³/mol. The zero-order chi connectivity index (χ0) is 10.1. The maximum absolute atomic E-state index is 11.2. The highest BCUT2D eigenvalue weighted by Gasteiger charge is 2.25. The van der Waals surface area contributed by atoms with Crippen molar-refractivity contribution in [3.05, 3.63) is 46.5 Å². The fourth-order valence-corrected chi connectivity index (χ4v) is 1.81. The third-order valence-corrected chi connectivity index (χ3v) is 2.88. The minimum Gasteiger partial charge on any atom is -0.345 e. The lowest BCUT2D eigenvalue weighted by Gasteiger charge is -2.09. The number of rotatable bonds is 1. The number of amides is 1. The largest absolute Gasteiger partial charge is 0.345 e. The van der Waals surface area contributed by atoms with Crippen LogP contribution < -0.4 is 5.32 Å². The Morgan fingerprint density at radius 1 is 1.36 bits per heavy atom. The van der Waals surface area contributed by atoms with Crippen molar-refractivity contribution in [3.8, 4) is 0 Å². The fourth-order valence-electron chi connectivity index (χ4n) is 1.55. The standard InChI is InChI=1S/C11H10BrNO/c1-7-6-10(13-11(7)14)8-2-4-9(12)5-3-8/h2-5,10H,1,6H2,(H,13,14)/t10-/m0/s1. The Morgan fingerprint density at radius 2 is 2.00 bits per heavy atom. The van der Waals surface area contributed by atoms with Crippen molar-refractivity contribution in [1.82, 2.24) is 5.32 Å². The van der Waals surface area contributed by atoms with E-state index in [0.717, 1.165) is 10.0 Å². The molecular weight excluding hydrogens is 242 g/mol. The van der Waals surface area contributed by atoms with Crippen LogP contribution in [0.3, 0.4) is 0 Å². The summed E-state index contributed by atoms with van der Waals surface area (Å²) in [6.45, 7) is 3.71. The van der Waals surface area contributed by atoms with Crippen molar-refractivity contribution >= 4 is 21.8 Å². The first-order valence-electron chi connectivity index (χ1n) is 4.41. The second kappa shape index (κ2) is 3.58. The van der Waals surface area contributed by atoms with Gasteiger partial charge in [0.2, 0.25) is 5.91 Å². The molecule has 1 fully saturated rings. The smallest absolute Gasteiger partial charge is 0.247 e. The van der Waals surface area contributed by atoms with Crippen LogP contribution in [0.1, 0.15) is 18.0 Å². The van der Waals surface area contributed by atoms with E-state index >= 15 is 0 Å². The summed E-state index contributed by atoms with van der Waals surface area (Å²) >= 11 is 3.37. The molecule has 0 spiro atoms. The Labute approximate surface area is 91.1 Å². The van der Waals surface area contributed by atoms with Gasteiger partial charge in [0.15, 0.2) is 0 Å². The highest BCUT2D eigenvalue weighted by Crippen LogP contribution is 2.27. The fraction of sp³-hybridized carbons (Fsp3) is 0.182. The van der Waals surface area contributed by atoms with E-state index in [1.165, 1.54) is 0 Å². The lowest BCUT2D eigenvalue weighted by atomic mass is 10.0. The number of carbonyl (C=O) groups is 1. The van der Waals surface area contributed by atoms with Gasteiger partial charge in [-0.25, -0.2) is 0 Å². The predicted octanol–water partition coefficient (Wildman–Crippen LogP) is 2.57. The summed E-state index contributed by atoms with van der Waals surface area (Å²) in [5.41, 5.74) is 1.79. The Morgan fingerprint density at radius 3 is 2.50 bits per heavy atom. The van der Waals surface area contributed by atoms with Crippen molar-refractivity contribution in [1.29, 1.82) is 0 Å². The average Bonchev–Trinajstić information content (AvgIpc) is 2.48. The van der Waals surface area contributed by atoms with Gasteiger partial charge in [-0.2, -0.15) is 0 Å². The molecule has 1 aromatic carbocycles. The number of benzene rings is 1. The zero-order valence-electron chi connectivity index (χ0n) is 7.59. The second-order valence-electron chi connectivity index (χ2n) is 3.39. The van der Waals surface area contributed by atoms with Crippen LogP contribution >= 0.6 is 15.9 Å². The molecule has 1 atom stereocenters. The van der Waals surface area contributed by atoms with Crippen molar-refractivity contribution < 1.29 is 4.79 Å². The van der Waals surface area contributed by atoms with E-state index < -0.39 is 0 Å². The van der Waals surface area contributed by atoms with Crippen LogP contribution in [-0.2, 0) is 4.79 Å². The molecule has 0 saturated carbocycles. The molecule has 1 N–H and O–H groups in total. The Kier molecular flexibility index (Phi) is 2.42. The van der Waals surface area contributed by atoms with Gasteiger partial charge < -0.3 is 5.32 Å². The van der Waals surface area contributed by atoms with E-state index in [1.54, 1.807) is 0 Å². The number of halogens is 1. The molecule has 1 saturated heterocycles. The van der Waals surface area contributed by atoms with E-state index in [1.807, 2.05) is 24.3 Å². The van der Waals surface area contributed by atoms with Crippen molar-refractivity contribution in [2.75, 3.05) is 0 Å². The molecule has 0 radical (unpaired) electrons. The summed E-state index contributed by atoms with van der Waals surface area (Å²) in [7, 11) is 0. The van der Waals surface area contributed by atoms with Crippen molar-refractivity contribution in [2.45, 2.75) is 12.5 Å². The lowest BCUT2D eigenvalue weighted by molar-refractivity contribution is -0.116. The van der Waals surface area contributed by atoms with E-state index in [-0.39, 0.29) is 11.9 Å². The first kappa shape index (κ1) is 9.46. The molecule has 1 aliphatic heterocycles. The highest BCUT2D eigenvalue weighted by atomic mass is 79.9. The maximum atomic E-state index is 11.2. The van der Waals surface area contributed by atoms with E-state index in [2.05, 4.69) is 27.8 Å². The molecule has 1 aliphatic rings. The normalized spacial score (nSPS) is 21.1. The maximum Gasteiger partial charge on any atom is 0.247 e. The molecule has 0 unspecified atom stereocenters. The molecule has 1 heterocycles. The molecule has 0 aliphatic carbocycles. The quantitative estimate of drug-likeness (QED) is 0.764. The van der Waals surface area contributed by atoms with Gasteiger partial charge >= 0.3 is 0 Å². The molecule has 72 valence electrons. The monoisotopic (exact) mass is 251 g/mol. The third-order valence-electron chi connectivity index (χ3n) is 2.35. The van der Waals surface area contributed by atoms with E-state index in [0.29, 0.717) is 12.0 Å². The summed E-state index contributed by atoms with van der Waals surface area (Å²) in [4.78, 5) is 11.2. The number of hydrogen-bond donors (Lipinski definition) is 1. The summed E-state index contributed by atoms with van der Waals surface area (Å²) < 4.78 is 1.05. The minimum absolute atomic E-state index is 0.0297. The van der Waals surface area contributed by atoms with Gasteiger partial charge in [0, 0.05) is 16.5 Å². The van der Waals surface area contributed by atoms with Crippen LogP contribution in [0.4, 0.5) is 0 Å². The molecular formula is C11H10BrNO. The zero-order valence-corrected chi connectivity index (χ0v) is 9.17. The SMILES string of the molecule is C=C1C[C@@H](c2ccc(Br)cc2)NC1=O. The lowest BCUT2D eigenvalue weighted by Crippen LogP contribution is -2.18. The molecule has 0 aromatic heterocycles. The van der Waals surface area contributed by atoms with E-state index in [9.17, 15) is 4.79 Å². The molecule has 0 bridgehead atoms. The number of carbonyl (C=O) groups excluding carboxylic acids is 1. The van der Waals surface area contributed by atoms with Gasteiger partial charge in [-0.1, -0.05) is 34.6 Å². The van der Waals surface area contributed by atoms with Crippen LogP contribution in [0.25, 0.3) is 0 Å². The highest BCUT2D eigenvalue weighted by molar-refractivity contribution is 9.10. The summed E-state index contributed by atoms with van der Waals surface area (Å²) in [6.07, 6.45) is 0.709. The van der Waals surface area contributed by atoms with Gasteiger partial charge in [0.25, 0.3) is 0 Å². The number of nitrogens with one attached hydrogen (secondary N) is 1. The van der Waals surface area contributed by atoms with Crippen LogP contribution in [-0.4, -0.2) is 5.91 Å². The van der Waals surface area contributed by atoms with Crippen LogP contribution in [0, 0.1) is 0 Å². The van der Waals surface area contributed by atoms with Gasteiger partial charge in [0.05, 0.1) is 6.04 Å². The van der Waals surface area contributed by atoms with Gasteiger partial charge in [-0.05, 0) is 17.7 Å². The molecule has 2 rings (SSSR count). The summed E-state index contributed by atoms with van der Waals surface area (Å²) in [5.74, 6) is -0.0297. The molecule has 14 heavy (non-hydrogen) atoms. The Hall–Kier alpha value is -1.09. The first-order chi connectivity index (χ1) is 6.66. The first-order valence-corrected chi connectivity index (χ1v) is 5.20. The van der Waals surface area contributed by atoms with Crippen LogP contribution in [0.2, 0.25) is 0 Å². The molecule has 1 aromatic rings. The Bertz CT molecular complexity index is 367.